The number of unbranched alkanes of at least 4 members (excludes halogenated alkanes) is 27. The van der Waals surface area contributed by atoms with Crippen molar-refractivity contribution in [2.45, 2.75) is 271 Å². The molecular formula is C59H104O5. The van der Waals surface area contributed by atoms with E-state index in [0.717, 1.165) is 83.5 Å². The second kappa shape index (κ2) is 54.7. The average Bonchev–Trinajstić information content (AvgIpc) is 3.30. The number of carbonyl (C=O) groups is 2. The molecule has 0 saturated carbocycles. The van der Waals surface area contributed by atoms with Crippen LogP contribution in [0.3, 0.4) is 0 Å². The summed E-state index contributed by atoms with van der Waals surface area (Å²) < 4.78 is 17.4. The number of allylic oxidation sites excluding steroid dienone is 12. The summed E-state index contributed by atoms with van der Waals surface area (Å²) in [5.74, 6) is -0.424. The van der Waals surface area contributed by atoms with Crippen LogP contribution in [-0.2, 0) is 23.8 Å². The minimum Gasteiger partial charge on any atom is -0.462 e. The zero-order valence-electron chi connectivity index (χ0n) is 42.5. The zero-order chi connectivity index (χ0) is 46.3. The highest BCUT2D eigenvalue weighted by Crippen LogP contribution is 2.14. The van der Waals surface area contributed by atoms with Crippen LogP contribution in [0.4, 0.5) is 0 Å². The van der Waals surface area contributed by atoms with Gasteiger partial charge in [0.05, 0.1) is 6.61 Å². The Hall–Kier alpha value is -2.66. The molecule has 0 spiro atoms. The van der Waals surface area contributed by atoms with Crippen LogP contribution in [0.15, 0.2) is 72.9 Å². The lowest BCUT2D eigenvalue weighted by atomic mass is 10.1. The van der Waals surface area contributed by atoms with Crippen LogP contribution in [0.2, 0.25) is 0 Å². The number of esters is 2. The molecular weight excluding hydrogens is 789 g/mol. The number of rotatable bonds is 50. The number of ether oxygens (including phenoxy) is 3. The third-order valence-corrected chi connectivity index (χ3v) is 11.7. The van der Waals surface area contributed by atoms with E-state index in [1.54, 1.807) is 0 Å². The van der Waals surface area contributed by atoms with E-state index < -0.39 is 6.10 Å². The third kappa shape index (κ3) is 52.0. The van der Waals surface area contributed by atoms with Crippen molar-refractivity contribution in [1.29, 1.82) is 0 Å². The molecule has 0 amide bonds. The van der Waals surface area contributed by atoms with E-state index in [4.69, 9.17) is 14.2 Å². The summed E-state index contributed by atoms with van der Waals surface area (Å²) in [7, 11) is 0. The molecule has 0 aromatic rings. The average molecular weight is 893 g/mol. The van der Waals surface area contributed by atoms with Gasteiger partial charge in [-0.2, -0.15) is 0 Å². The van der Waals surface area contributed by atoms with Gasteiger partial charge in [-0.1, -0.05) is 216 Å². The standard InChI is InChI=1S/C59H104O5/c1-4-7-10-13-16-19-22-25-28-30-32-34-37-40-43-46-49-52-58(60)63-56-57(55-62-54-51-48-45-42-39-36-33-29-26-23-20-17-14-11-8-5-2)64-59(61)53-50-47-44-41-38-35-31-27-24-21-18-15-12-9-6-3/h9,12,16,18-19,21,25-29,31,57H,4-8,10-11,13-15,17,20,22-24,30,32-56H2,1-3H3/b12-9-,19-16-,21-18-,28-25-,29-26-,31-27-. The van der Waals surface area contributed by atoms with Gasteiger partial charge in [-0.3, -0.25) is 9.59 Å². The maximum absolute atomic E-state index is 12.8. The molecule has 5 nitrogen and oxygen atoms in total. The van der Waals surface area contributed by atoms with Gasteiger partial charge in [0, 0.05) is 19.4 Å². The Morgan fingerprint density at radius 1 is 0.359 bits per heavy atom. The summed E-state index contributed by atoms with van der Waals surface area (Å²) in [6.45, 7) is 7.67. The molecule has 0 N–H and O–H groups in total. The lowest BCUT2D eigenvalue weighted by Gasteiger charge is -2.18. The highest BCUT2D eigenvalue weighted by atomic mass is 16.6. The van der Waals surface area contributed by atoms with Crippen molar-refractivity contribution in [3.05, 3.63) is 72.9 Å². The van der Waals surface area contributed by atoms with Crippen molar-refractivity contribution in [3.63, 3.8) is 0 Å². The molecule has 5 heteroatoms. The van der Waals surface area contributed by atoms with E-state index in [9.17, 15) is 9.59 Å². The maximum atomic E-state index is 12.8. The molecule has 0 aromatic carbocycles. The summed E-state index contributed by atoms with van der Waals surface area (Å²) in [4.78, 5) is 25.5. The topological polar surface area (TPSA) is 61.8 Å². The Bertz CT molecular complexity index is 1150. The Kier molecular flexibility index (Phi) is 52.4. The fourth-order valence-electron chi connectivity index (χ4n) is 7.61. The first-order chi connectivity index (χ1) is 31.6. The predicted molar refractivity (Wildman–Crippen MR) is 279 cm³/mol. The van der Waals surface area contributed by atoms with Crippen LogP contribution in [0, 0.1) is 0 Å². The third-order valence-electron chi connectivity index (χ3n) is 11.7. The lowest BCUT2D eigenvalue weighted by molar-refractivity contribution is -0.163. The highest BCUT2D eigenvalue weighted by molar-refractivity contribution is 5.70. The Morgan fingerprint density at radius 3 is 1.17 bits per heavy atom. The lowest BCUT2D eigenvalue weighted by Crippen LogP contribution is -2.30. The van der Waals surface area contributed by atoms with E-state index in [1.807, 2.05) is 0 Å². The SMILES string of the molecule is CC/C=C\C/C=C\C/C=C\CCCCCCCC(=O)OC(COCCCCCCCC/C=C\CCCCCCCC)COC(=O)CCCCCCCCC/C=C\C/C=C\CCCCC. The molecule has 0 saturated heterocycles. The van der Waals surface area contributed by atoms with Gasteiger partial charge in [0.25, 0.3) is 0 Å². The smallest absolute Gasteiger partial charge is 0.306 e. The minimum atomic E-state index is -0.554. The fourth-order valence-corrected chi connectivity index (χ4v) is 7.61. The van der Waals surface area contributed by atoms with Crippen molar-refractivity contribution in [3.8, 4) is 0 Å². The van der Waals surface area contributed by atoms with Gasteiger partial charge in [-0.25, -0.2) is 0 Å². The molecule has 370 valence electrons. The van der Waals surface area contributed by atoms with Crippen LogP contribution >= 0.6 is 0 Å². The summed E-state index contributed by atoms with van der Waals surface area (Å²) in [5.41, 5.74) is 0. The van der Waals surface area contributed by atoms with E-state index in [-0.39, 0.29) is 25.2 Å². The number of hydrogen-bond acceptors (Lipinski definition) is 5. The molecule has 0 heterocycles. The Balaban J connectivity index is 4.31. The van der Waals surface area contributed by atoms with Gasteiger partial charge in [0.2, 0.25) is 0 Å². The Morgan fingerprint density at radius 2 is 0.703 bits per heavy atom. The van der Waals surface area contributed by atoms with E-state index in [0.29, 0.717) is 19.4 Å². The van der Waals surface area contributed by atoms with Gasteiger partial charge in [-0.05, 0) is 109 Å². The van der Waals surface area contributed by atoms with Crippen LogP contribution in [0.5, 0.6) is 0 Å². The van der Waals surface area contributed by atoms with E-state index in [2.05, 4.69) is 93.7 Å². The second-order valence-electron chi connectivity index (χ2n) is 18.1. The molecule has 64 heavy (non-hydrogen) atoms. The van der Waals surface area contributed by atoms with E-state index in [1.165, 1.54) is 148 Å². The van der Waals surface area contributed by atoms with Crippen molar-refractivity contribution in [1.82, 2.24) is 0 Å². The van der Waals surface area contributed by atoms with Gasteiger partial charge in [0.15, 0.2) is 6.10 Å². The minimum absolute atomic E-state index is 0.0703. The molecule has 0 fully saturated rings. The first-order valence-electron chi connectivity index (χ1n) is 27.5. The van der Waals surface area contributed by atoms with Crippen molar-refractivity contribution in [2.75, 3.05) is 19.8 Å². The first-order valence-corrected chi connectivity index (χ1v) is 27.5. The monoisotopic (exact) mass is 893 g/mol. The van der Waals surface area contributed by atoms with Crippen LogP contribution in [-0.4, -0.2) is 37.9 Å². The number of carbonyl (C=O) groups excluding carboxylic acids is 2. The molecule has 1 unspecified atom stereocenters. The van der Waals surface area contributed by atoms with Crippen LogP contribution in [0.1, 0.15) is 265 Å². The second-order valence-corrected chi connectivity index (χ2v) is 18.1. The molecule has 0 aromatic heterocycles. The van der Waals surface area contributed by atoms with Crippen molar-refractivity contribution in [2.24, 2.45) is 0 Å². The highest BCUT2D eigenvalue weighted by Gasteiger charge is 2.17. The fraction of sp³-hybridized carbons (Fsp3) is 0.763. The largest absolute Gasteiger partial charge is 0.462 e. The summed E-state index contributed by atoms with van der Waals surface area (Å²) >= 11 is 0. The van der Waals surface area contributed by atoms with Gasteiger partial charge in [0.1, 0.15) is 6.61 Å². The molecule has 0 bridgehead atoms. The van der Waals surface area contributed by atoms with Crippen molar-refractivity contribution < 1.29 is 23.8 Å². The van der Waals surface area contributed by atoms with Gasteiger partial charge >= 0.3 is 11.9 Å². The molecule has 0 radical (unpaired) electrons. The molecule has 1 atom stereocenters. The maximum Gasteiger partial charge on any atom is 0.306 e. The first kappa shape index (κ1) is 61.3. The summed E-state index contributed by atoms with van der Waals surface area (Å²) in [6, 6.07) is 0. The predicted octanol–water partition coefficient (Wildman–Crippen LogP) is 18.7. The molecule has 0 aliphatic rings. The van der Waals surface area contributed by atoms with E-state index >= 15 is 0 Å². The van der Waals surface area contributed by atoms with Gasteiger partial charge < -0.3 is 14.2 Å². The summed E-state index contributed by atoms with van der Waals surface area (Å²) in [5, 5.41) is 0. The molecule has 0 rings (SSSR count). The number of hydrogen-bond donors (Lipinski definition) is 0. The van der Waals surface area contributed by atoms with Crippen LogP contribution in [0.25, 0.3) is 0 Å². The van der Waals surface area contributed by atoms with Gasteiger partial charge in [-0.15, -0.1) is 0 Å². The van der Waals surface area contributed by atoms with Crippen LogP contribution < -0.4 is 0 Å². The normalized spacial score (nSPS) is 12.7. The Labute approximate surface area is 397 Å². The molecule has 0 aliphatic heterocycles. The zero-order valence-corrected chi connectivity index (χ0v) is 42.5. The molecule has 0 aliphatic carbocycles. The quantitative estimate of drug-likeness (QED) is 0.0346. The van der Waals surface area contributed by atoms with Crippen molar-refractivity contribution >= 4 is 11.9 Å². The summed E-state index contributed by atoms with van der Waals surface area (Å²) in [6.07, 6.45) is 70.5.